The van der Waals surface area contributed by atoms with Crippen LogP contribution in [-0.4, -0.2) is 23.1 Å². The molecule has 1 aromatic rings. The summed E-state index contributed by atoms with van der Waals surface area (Å²) in [5.41, 5.74) is 0. The number of hydrogen-bond acceptors (Lipinski definition) is 3. The molecule has 1 aliphatic carbocycles. The number of rotatable bonds is 5. The highest BCUT2D eigenvalue weighted by Crippen LogP contribution is 2.39. The molecule has 1 heterocycles. The minimum Gasteiger partial charge on any atom is -0.357 e. The molecule has 0 amide bonds. The van der Waals surface area contributed by atoms with E-state index in [2.05, 4.69) is 35.8 Å². The van der Waals surface area contributed by atoms with Crippen molar-refractivity contribution in [3.05, 3.63) is 17.0 Å². The molecule has 2 rings (SSSR count). The van der Waals surface area contributed by atoms with E-state index in [1.54, 1.807) is 0 Å². The molecule has 0 N–H and O–H groups in total. The monoisotopic (exact) mass is 253 g/mol. The van der Waals surface area contributed by atoms with Gasteiger partial charge in [-0.2, -0.15) is 0 Å². The fourth-order valence-electron chi connectivity index (χ4n) is 2.15. The van der Waals surface area contributed by atoms with Crippen molar-refractivity contribution in [3.63, 3.8) is 0 Å². The molecule has 0 bridgehead atoms. The average molecular weight is 254 g/mol. The van der Waals surface area contributed by atoms with Gasteiger partial charge in [-0.25, -0.2) is 9.97 Å². The Morgan fingerprint density at radius 1 is 1.35 bits per heavy atom. The molecule has 1 aromatic heterocycles. The minimum atomic E-state index is 0.521. The van der Waals surface area contributed by atoms with E-state index in [1.165, 1.54) is 12.8 Å². The molecule has 3 nitrogen and oxygen atoms in total. The predicted octanol–water partition coefficient (Wildman–Crippen LogP) is 3.63. The molecule has 0 atom stereocenters. The molecule has 1 fully saturated rings. The van der Waals surface area contributed by atoms with Crippen LogP contribution in [0.15, 0.2) is 6.07 Å². The largest absolute Gasteiger partial charge is 0.357 e. The Morgan fingerprint density at radius 2 is 2.00 bits per heavy atom. The lowest BCUT2D eigenvalue weighted by molar-refractivity contribution is 0.585. The first-order valence-electron chi connectivity index (χ1n) is 6.43. The summed E-state index contributed by atoms with van der Waals surface area (Å²) in [7, 11) is 2.09. The van der Waals surface area contributed by atoms with Gasteiger partial charge in [0.05, 0.1) is 0 Å². The van der Waals surface area contributed by atoms with Crippen LogP contribution in [0.5, 0.6) is 0 Å². The molecule has 1 saturated carbocycles. The van der Waals surface area contributed by atoms with E-state index in [-0.39, 0.29) is 0 Å². The number of aromatic nitrogens is 2. The Labute approximate surface area is 108 Å². The lowest BCUT2D eigenvalue weighted by atomic mass is 10.1. The second kappa shape index (κ2) is 5.21. The van der Waals surface area contributed by atoms with Gasteiger partial charge in [0.25, 0.3) is 0 Å². The lowest BCUT2D eigenvalue weighted by Gasteiger charge is -2.27. The van der Waals surface area contributed by atoms with Crippen LogP contribution in [0.2, 0.25) is 5.15 Å². The summed E-state index contributed by atoms with van der Waals surface area (Å²) in [6.45, 7) is 4.41. The third kappa shape index (κ3) is 2.89. The fourth-order valence-corrected chi connectivity index (χ4v) is 2.34. The van der Waals surface area contributed by atoms with Gasteiger partial charge in [0.15, 0.2) is 0 Å². The van der Waals surface area contributed by atoms with Crippen molar-refractivity contribution in [2.24, 2.45) is 0 Å². The van der Waals surface area contributed by atoms with Crippen molar-refractivity contribution in [2.75, 3.05) is 11.9 Å². The maximum atomic E-state index is 6.08. The van der Waals surface area contributed by atoms with Gasteiger partial charge in [-0.1, -0.05) is 25.4 Å². The second-order valence-corrected chi connectivity index (χ2v) is 5.15. The van der Waals surface area contributed by atoms with Gasteiger partial charge in [-0.05, 0) is 25.7 Å². The third-order valence-electron chi connectivity index (χ3n) is 3.49. The highest BCUT2D eigenvalue weighted by atomic mass is 35.5. The average Bonchev–Trinajstić information content (AvgIpc) is 3.13. The van der Waals surface area contributed by atoms with Gasteiger partial charge in [-0.3, -0.25) is 0 Å². The number of hydrogen-bond donors (Lipinski definition) is 0. The van der Waals surface area contributed by atoms with Crippen molar-refractivity contribution in [1.29, 1.82) is 0 Å². The maximum Gasteiger partial charge on any atom is 0.135 e. The molecule has 0 aliphatic heterocycles. The van der Waals surface area contributed by atoms with Gasteiger partial charge < -0.3 is 4.90 Å². The first kappa shape index (κ1) is 12.6. The first-order chi connectivity index (χ1) is 8.15. The fraction of sp³-hybridized carbons (Fsp3) is 0.692. The van der Waals surface area contributed by atoms with Crippen LogP contribution in [0.4, 0.5) is 5.82 Å². The summed E-state index contributed by atoms with van der Waals surface area (Å²) in [5.74, 6) is 2.42. The van der Waals surface area contributed by atoms with Gasteiger partial charge >= 0.3 is 0 Å². The van der Waals surface area contributed by atoms with Gasteiger partial charge in [0, 0.05) is 25.1 Å². The van der Waals surface area contributed by atoms with E-state index in [9.17, 15) is 0 Å². The highest BCUT2D eigenvalue weighted by molar-refractivity contribution is 6.29. The van der Waals surface area contributed by atoms with Crippen molar-refractivity contribution >= 4 is 17.4 Å². The van der Waals surface area contributed by atoms with Crippen LogP contribution in [-0.2, 0) is 0 Å². The van der Waals surface area contributed by atoms with E-state index in [0.29, 0.717) is 17.1 Å². The summed E-state index contributed by atoms with van der Waals surface area (Å²) in [4.78, 5) is 11.2. The normalized spacial score (nSPS) is 15.4. The summed E-state index contributed by atoms with van der Waals surface area (Å²) in [6, 6.07) is 2.39. The Hall–Kier alpha value is -0.830. The van der Waals surface area contributed by atoms with Gasteiger partial charge in [-0.15, -0.1) is 0 Å². The van der Waals surface area contributed by atoms with E-state index in [0.717, 1.165) is 24.5 Å². The van der Waals surface area contributed by atoms with Crippen LogP contribution in [0.3, 0.4) is 0 Å². The van der Waals surface area contributed by atoms with Crippen LogP contribution in [0, 0.1) is 0 Å². The minimum absolute atomic E-state index is 0.521. The number of anilines is 1. The van der Waals surface area contributed by atoms with Crippen molar-refractivity contribution in [1.82, 2.24) is 9.97 Å². The SMILES string of the molecule is CCC(CC)N(C)c1cc(Cl)nc(C2CC2)n1. The Morgan fingerprint density at radius 3 is 2.53 bits per heavy atom. The molecule has 0 spiro atoms. The summed E-state index contributed by atoms with van der Waals surface area (Å²) < 4.78 is 0. The Kier molecular flexibility index (Phi) is 3.87. The zero-order chi connectivity index (χ0) is 12.4. The summed E-state index contributed by atoms with van der Waals surface area (Å²) in [5, 5.41) is 0.565. The molecule has 1 aliphatic rings. The molecule has 0 aromatic carbocycles. The summed E-state index contributed by atoms with van der Waals surface area (Å²) in [6.07, 6.45) is 4.64. The molecule has 0 radical (unpaired) electrons. The predicted molar refractivity (Wildman–Crippen MR) is 71.8 cm³/mol. The van der Waals surface area contributed by atoms with Crippen LogP contribution < -0.4 is 4.90 Å². The van der Waals surface area contributed by atoms with Crippen molar-refractivity contribution in [3.8, 4) is 0 Å². The standard InChI is InChI=1S/C13H20ClN3/c1-4-10(5-2)17(3)12-8-11(14)15-13(16-12)9-6-7-9/h8-10H,4-7H2,1-3H3. The molecule has 0 saturated heterocycles. The second-order valence-electron chi connectivity index (χ2n) is 4.76. The van der Waals surface area contributed by atoms with Crippen LogP contribution >= 0.6 is 11.6 Å². The highest BCUT2D eigenvalue weighted by Gasteiger charge is 2.28. The zero-order valence-electron chi connectivity index (χ0n) is 10.8. The quantitative estimate of drug-likeness (QED) is 0.751. The molecular weight excluding hydrogens is 234 g/mol. The van der Waals surface area contributed by atoms with E-state index in [1.807, 2.05) is 6.07 Å². The van der Waals surface area contributed by atoms with E-state index >= 15 is 0 Å². The molecule has 4 heteroatoms. The molecular formula is C13H20ClN3. The van der Waals surface area contributed by atoms with Gasteiger partial charge in [0.2, 0.25) is 0 Å². The zero-order valence-corrected chi connectivity index (χ0v) is 11.5. The van der Waals surface area contributed by atoms with Crippen molar-refractivity contribution < 1.29 is 0 Å². The molecule has 17 heavy (non-hydrogen) atoms. The molecule has 0 unspecified atom stereocenters. The number of halogens is 1. The lowest BCUT2D eigenvalue weighted by Crippen LogP contribution is -2.31. The topological polar surface area (TPSA) is 29.0 Å². The van der Waals surface area contributed by atoms with Crippen LogP contribution in [0.25, 0.3) is 0 Å². The smallest absolute Gasteiger partial charge is 0.135 e. The van der Waals surface area contributed by atoms with E-state index < -0.39 is 0 Å². The third-order valence-corrected chi connectivity index (χ3v) is 3.69. The molecule has 94 valence electrons. The summed E-state index contributed by atoms with van der Waals surface area (Å²) >= 11 is 6.08. The Bertz CT molecular complexity index is 386. The van der Waals surface area contributed by atoms with E-state index in [4.69, 9.17) is 11.6 Å². The number of nitrogens with zero attached hydrogens (tertiary/aromatic N) is 3. The maximum absolute atomic E-state index is 6.08. The first-order valence-corrected chi connectivity index (χ1v) is 6.80. The van der Waals surface area contributed by atoms with Crippen molar-refractivity contribution in [2.45, 2.75) is 51.5 Å². The van der Waals surface area contributed by atoms with Gasteiger partial charge in [0.1, 0.15) is 16.8 Å². The van der Waals surface area contributed by atoms with Crippen LogP contribution in [0.1, 0.15) is 51.3 Å². The Balaban J connectivity index is 2.24.